The Balaban J connectivity index is 1.48. The van der Waals surface area contributed by atoms with E-state index in [0.717, 1.165) is 17.5 Å². The average Bonchev–Trinajstić information content (AvgIpc) is 3.20. The van der Waals surface area contributed by atoms with Gasteiger partial charge in [0.1, 0.15) is 0 Å². The van der Waals surface area contributed by atoms with Crippen LogP contribution in [0.15, 0.2) is 69.8 Å². The average molecular weight is 470 g/mol. The molecule has 3 amide bonds. The molecule has 3 N–H and O–H groups in total. The first-order valence-corrected chi connectivity index (χ1v) is 10.1. The maximum Gasteiger partial charge on any atom is 0.291 e. The van der Waals surface area contributed by atoms with Gasteiger partial charge in [-0.2, -0.15) is 0 Å². The molecular weight excluding hydrogens is 450 g/mol. The molecule has 0 spiro atoms. The number of furan rings is 1. The van der Waals surface area contributed by atoms with Crippen LogP contribution in [0.2, 0.25) is 0 Å². The Labute approximate surface area is 182 Å². The van der Waals surface area contributed by atoms with Crippen LogP contribution in [0.3, 0.4) is 0 Å². The molecule has 0 aliphatic carbocycles. The molecule has 2 aromatic carbocycles. The molecule has 30 heavy (non-hydrogen) atoms. The Kier molecular flexibility index (Phi) is 7.03. The Bertz CT molecular complexity index is 1040. The lowest BCUT2D eigenvalue weighted by atomic mass is 10.1. The molecule has 3 rings (SSSR count). The second kappa shape index (κ2) is 9.89. The Morgan fingerprint density at radius 3 is 2.10 bits per heavy atom. The summed E-state index contributed by atoms with van der Waals surface area (Å²) in [7, 11) is 0. The van der Waals surface area contributed by atoms with E-state index in [1.54, 1.807) is 48.5 Å². The summed E-state index contributed by atoms with van der Waals surface area (Å²) in [5.74, 6) is -0.925. The number of carbonyl (C=O) groups is 3. The molecule has 0 fully saturated rings. The van der Waals surface area contributed by atoms with E-state index >= 15 is 0 Å². The number of benzene rings is 2. The molecule has 0 atom stereocenters. The molecule has 3 aromatic rings. The van der Waals surface area contributed by atoms with Crippen LogP contribution in [0.1, 0.15) is 39.0 Å². The number of nitrogens with one attached hydrogen (secondary N) is 3. The number of amides is 3. The van der Waals surface area contributed by atoms with E-state index < -0.39 is 0 Å². The molecule has 0 radical (unpaired) electrons. The van der Waals surface area contributed by atoms with Crippen LogP contribution in [0.25, 0.3) is 0 Å². The van der Waals surface area contributed by atoms with Gasteiger partial charge in [0.2, 0.25) is 5.91 Å². The normalized spacial score (nSPS) is 10.3. The van der Waals surface area contributed by atoms with Crippen molar-refractivity contribution in [3.8, 4) is 0 Å². The van der Waals surface area contributed by atoms with Gasteiger partial charge < -0.3 is 9.73 Å². The van der Waals surface area contributed by atoms with Crippen molar-refractivity contribution < 1.29 is 18.8 Å². The third-order valence-corrected chi connectivity index (χ3v) is 4.74. The number of hydrogen-bond donors (Lipinski definition) is 3. The summed E-state index contributed by atoms with van der Waals surface area (Å²) in [6, 6.07) is 17.2. The third-order valence-electron chi connectivity index (χ3n) is 4.31. The fraction of sp³-hybridized carbons (Fsp3) is 0.136. The van der Waals surface area contributed by atoms with Crippen molar-refractivity contribution >= 4 is 39.3 Å². The number of anilines is 1. The number of halogens is 1. The number of hydrogen-bond acceptors (Lipinski definition) is 4. The third kappa shape index (κ3) is 5.81. The molecule has 7 nitrogen and oxygen atoms in total. The van der Waals surface area contributed by atoms with Crippen molar-refractivity contribution in [2.24, 2.45) is 0 Å². The summed E-state index contributed by atoms with van der Waals surface area (Å²) >= 11 is 3.15. The minimum atomic E-state index is -0.381. The maximum atomic E-state index is 12.1. The quantitative estimate of drug-likeness (QED) is 0.477. The van der Waals surface area contributed by atoms with E-state index in [2.05, 4.69) is 32.1 Å². The first kappa shape index (κ1) is 21.3. The smallest absolute Gasteiger partial charge is 0.291 e. The Morgan fingerprint density at radius 1 is 0.833 bits per heavy atom. The van der Waals surface area contributed by atoms with Crippen molar-refractivity contribution in [1.82, 2.24) is 10.9 Å². The maximum absolute atomic E-state index is 12.1. The number of hydrazine groups is 1. The molecule has 1 aromatic heterocycles. The fourth-order valence-corrected chi connectivity index (χ4v) is 2.96. The topological polar surface area (TPSA) is 100 Å². The first-order valence-electron chi connectivity index (χ1n) is 9.28. The summed E-state index contributed by atoms with van der Waals surface area (Å²) in [5.41, 5.74) is 7.71. The lowest BCUT2D eigenvalue weighted by Crippen LogP contribution is -2.42. The minimum Gasteiger partial charge on any atom is -0.444 e. The second-order valence-electron chi connectivity index (χ2n) is 6.48. The first-order chi connectivity index (χ1) is 14.4. The number of rotatable bonds is 6. The van der Waals surface area contributed by atoms with Crippen molar-refractivity contribution in [3.05, 3.63) is 87.8 Å². The number of carbonyl (C=O) groups excluding carboxylic acids is 3. The summed E-state index contributed by atoms with van der Waals surface area (Å²) in [5, 5.41) is 2.71. The lowest BCUT2D eigenvalue weighted by molar-refractivity contribution is -0.121. The molecule has 0 aliphatic heterocycles. The number of aryl methyl sites for hydroxylation is 1. The van der Waals surface area contributed by atoms with Gasteiger partial charge in [0.05, 0.1) is 6.42 Å². The minimum absolute atomic E-state index is 0.0778. The van der Waals surface area contributed by atoms with Gasteiger partial charge in [0.15, 0.2) is 10.4 Å². The predicted molar refractivity (Wildman–Crippen MR) is 116 cm³/mol. The zero-order valence-electron chi connectivity index (χ0n) is 16.2. The highest BCUT2D eigenvalue weighted by Gasteiger charge is 2.11. The van der Waals surface area contributed by atoms with Gasteiger partial charge in [-0.05, 0) is 69.9 Å². The molecule has 1 heterocycles. The second-order valence-corrected chi connectivity index (χ2v) is 7.27. The largest absolute Gasteiger partial charge is 0.444 e. The molecule has 8 heteroatoms. The van der Waals surface area contributed by atoms with Crippen LogP contribution in [0, 0.1) is 0 Å². The highest BCUT2D eigenvalue weighted by Crippen LogP contribution is 2.16. The zero-order chi connectivity index (χ0) is 21.5. The molecule has 0 saturated heterocycles. The molecular formula is C22H20BrN3O4. The van der Waals surface area contributed by atoms with Crippen molar-refractivity contribution in [1.29, 1.82) is 0 Å². The van der Waals surface area contributed by atoms with Gasteiger partial charge in [-0.25, -0.2) is 0 Å². The standard InChI is InChI=1S/C22H20BrN3O4/c1-2-14-3-7-16(8-4-14)21(28)26-25-20(27)13-15-5-9-17(10-6-15)24-22(29)18-11-12-19(23)30-18/h3-12H,2,13H2,1H3,(H,24,29)(H,25,27)(H,26,28). The van der Waals surface area contributed by atoms with Gasteiger partial charge in [-0.3, -0.25) is 25.2 Å². The van der Waals surface area contributed by atoms with Crippen molar-refractivity contribution in [3.63, 3.8) is 0 Å². The predicted octanol–water partition coefficient (Wildman–Crippen LogP) is 3.86. The van der Waals surface area contributed by atoms with E-state index in [1.807, 2.05) is 19.1 Å². The Morgan fingerprint density at radius 2 is 1.50 bits per heavy atom. The van der Waals surface area contributed by atoms with Gasteiger partial charge in [-0.15, -0.1) is 0 Å². The fourth-order valence-electron chi connectivity index (χ4n) is 2.66. The van der Waals surface area contributed by atoms with Gasteiger partial charge in [0, 0.05) is 11.3 Å². The van der Waals surface area contributed by atoms with Crippen LogP contribution in [-0.4, -0.2) is 17.7 Å². The molecule has 0 aliphatic rings. The monoisotopic (exact) mass is 469 g/mol. The van der Waals surface area contributed by atoms with E-state index in [9.17, 15) is 14.4 Å². The summed E-state index contributed by atoms with van der Waals surface area (Å²) in [6.07, 6.45) is 0.968. The Hall–Kier alpha value is -3.39. The van der Waals surface area contributed by atoms with Crippen LogP contribution >= 0.6 is 15.9 Å². The van der Waals surface area contributed by atoms with Crippen LogP contribution in [-0.2, 0) is 17.6 Å². The highest BCUT2D eigenvalue weighted by molar-refractivity contribution is 9.10. The summed E-state index contributed by atoms with van der Waals surface area (Å²) in [4.78, 5) is 36.2. The molecule has 154 valence electrons. The lowest BCUT2D eigenvalue weighted by Gasteiger charge is -2.09. The van der Waals surface area contributed by atoms with E-state index in [4.69, 9.17) is 4.42 Å². The van der Waals surface area contributed by atoms with E-state index in [1.165, 1.54) is 0 Å². The van der Waals surface area contributed by atoms with Crippen molar-refractivity contribution in [2.45, 2.75) is 19.8 Å². The zero-order valence-corrected chi connectivity index (χ0v) is 17.8. The van der Waals surface area contributed by atoms with Crippen LogP contribution in [0.5, 0.6) is 0 Å². The van der Waals surface area contributed by atoms with E-state index in [-0.39, 0.29) is 29.9 Å². The van der Waals surface area contributed by atoms with Crippen molar-refractivity contribution in [2.75, 3.05) is 5.32 Å². The van der Waals surface area contributed by atoms with E-state index in [0.29, 0.717) is 15.9 Å². The summed E-state index contributed by atoms with van der Waals surface area (Å²) < 4.78 is 5.67. The van der Waals surface area contributed by atoms with Gasteiger partial charge in [-0.1, -0.05) is 31.2 Å². The molecule has 0 bridgehead atoms. The molecule has 0 saturated carbocycles. The SMILES string of the molecule is CCc1ccc(C(=O)NNC(=O)Cc2ccc(NC(=O)c3ccc(Br)o3)cc2)cc1. The van der Waals surface area contributed by atoms with Crippen LogP contribution in [0.4, 0.5) is 5.69 Å². The summed E-state index contributed by atoms with van der Waals surface area (Å²) in [6.45, 7) is 2.04. The van der Waals surface area contributed by atoms with Gasteiger partial charge >= 0.3 is 0 Å². The van der Waals surface area contributed by atoms with Crippen LogP contribution < -0.4 is 16.2 Å². The highest BCUT2D eigenvalue weighted by atomic mass is 79.9. The molecule has 0 unspecified atom stereocenters. The van der Waals surface area contributed by atoms with Gasteiger partial charge in [0.25, 0.3) is 11.8 Å².